The lowest BCUT2D eigenvalue weighted by Gasteiger charge is -2.40. The summed E-state index contributed by atoms with van der Waals surface area (Å²) in [7, 11) is 0. The molecule has 0 bridgehead atoms. The van der Waals surface area contributed by atoms with Gasteiger partial charge in [0.2, 0.25) is 11.8 Å². The molecule has 1 aromatic rings. The van der Waals surface area contributed by atoms with Crippen LogP contribution in [0, 0.1) is 0 Å². The van der Waals surface area contributed by atoms with Crippen molar-refractivity contribution in [2.45, 2.75) is 56.7 Å². The van der Waals surface area contributed by atoms with E-state index in [0.29, 0.717) is 12.6 Å². The number of hydrogen-bond donors (Lipinski definition) is 3. The van der Waals surface area contributed by atoms with E-state index in [0.717, 1.165) is 19.3 Å². The molecule has 3 N–H and O–H groups in total. The van der Waals surface area contributed by atoms with Crippen LogP contribution in [-0.4, -0.2) is 36.5 Å². The van der Waals surface area contributed by atoms with Crippen LogP contribution in [0.25, 0.3) is 0 Å². The van der Waals surface area contributed by atoms with Crippen molar-refractivity contribution in [2.75, 3.05) is 6.54 Å². The molecule has 0 spiro atoms. The molecule has 1 heterocycles. The van der Waals surface area contributed by atoms with Crippen molar-refractivity contribution in [2.24, 2.45) is 0 Å². The molecular weight excluding hydrogens is 290 g/mol. The molecule has 23 heavy (non-hydrogen) atoms. The Kier molecular flexibility index (Phi) is 5.28. The van der Waals surface area contributed by atoms with Crippen molar-refractivity contribution in [3.05, 3.63) is 35.9 Å². The third-order valence-corrected chi connectivity index (χ3v) is 4.79. The molecule has 1 aliphatic carbocycles. The van der Waals surface area contributed by atoms with Gasteiger partial charge in [-0.1, -0.05) is 43.2 Å². The van der Waals surface area contributed by atoms with Crippen LogP contribution in [-0.2, 0) is 16.0 Å². The summed E-state index contributed by atoms with van der Waals surface area (Å²) in [6.45, 7) is 0.600. The standard InChI is InChI=1S/C18H25N3O2/c22-17(19-11-10-13-6-2-1-3-7-13)12-16-18(23)21-15-9-5-4-8-14(15)20-16/h1-3,6-7,14-16,20H,4-5,8-12H2,(H,19,22)(H,21,23)/t14-,15-,16+/m1/s1. The fourth-order valence-corrected chi connectivity index (χ4v) is 3.52. The fraction of sp³-hybridized carbons (Fsp3) is 0.556. The third-order valence-electron chi connectivity index (χ3n) is 4.79. The minimum atomic E-state index is -0.397. The first-order chi connectivity index (χ1) is 11.2. The van der Waals surface area contributed by atoms with Gasteiger partial charge in [0.15, 0.2) is 0 Å². The molecular formula is C18H25N3O2. The van der Waals surface area contributed by atoms with Crippen molar-refractivity contribution in [3.8, 4) is 0 Å². The number of nitrogens with one attached hydrogen (secondary N) is 3. The van der Waals surface area contributed by atoms with E-state index in [1.807, 2.05) is 30.3 Å². The smallest absolute Gasteiger partial charge is 0.237 e. The number of piperazine rings is 1. The minimum absolute atomic E-state index is 0.0358. The fourth-order valence-electron chi connectivity index (χ4n) is 3.52. The van der Waals surface area contributed by atoms with E-state index in [1.54, 1.807) is 0 Å². The molecule has 2 aliphatic rings. The molecule has 5 heteroatoms. The Hall–Kier alpha value is -1.88. The number of hydrogen-bond acceptors (Lipinski definition) is 3. The Morgan fingerprint density at radius 2 is 1.87 bits per heavy atom. The molecule has 1 aromatic carbocycles. The second kappa shape index (κ2) is 7.59. The van der Waals surface area contributed by atoms with Gasteiger partial charge in [0.25, 0.3) is 0 Å². The quantitative estimate of drug-likeness (QED) is 0.763. The van der Waals surface area contributed by atoms with E-state index in [-0.39, 0.29) is 24.3 Å². The van der Waals surface area contributed by atoms with Gasteiger partial charge in [0.05, 0.1) is 12.5 Å². The summed E-state index contributed by atoms with van der Waals surface area (Å²) in [6.07, 6.45) is 5.51. The van der Waals surface area contributed by atoms with Crippen LogP contribution in [0.1, 0.15) is 37.7 Å². The van der Waals surface area contributed by atoms with E-state index < -0.39 is 6.04 Å². The molecule has 5 nitrogen and oxygen atoms in total. The maximum atomic E-state index is 12.1. The van der Waals surface area contributed by atoms with Gasteiger partial charge in [-0.2, -0.15) is 0 Å². The van der Waals surface area contributed by atoms with Gasteiger partial charge in [-0.25, -0.2) is 0 Å². The predicted octanol–water partition coefficient (Wildman–Crippen LogP) is 1.13. The molecule has 2 fully saturated rings. The number of fused-ring (bicyclic) bond motifs is 1. The summed E-state index contributed by atoms with van der Waals surface area (Å²) in [5.74, 6) is -0.103. The van der Waals surface area contributed by atoms with Crippen LogP contribution in [0.5, 0.6) is 0 Å². The lowest BCUT2D eigenvalue weighted by Crippen LogP contribution is -2.65. The van der Waals surface area contributed by atoms with E-state index in [1.165, 1.54) is 18.4 Å². The van der Waals surface area contributed by atoms with Crippen molar-refractivity contribution in [1.29, 1.82) is 0 Å². The summed E-state index contributed by atoms with van der Waals surface area (Å²) in [5.41, 5.74) is 1.20. The Balaban J connectivity index is 1.43. The first-order valence-corrected chi connectivity index (χ1v) is 8.59. The minimum Gasteiger partial charge on any atom is -0.356 e. The van der Waals surface area contributed by atoms with Gasteiger partial charge in [-0.05, 0) is 24.8 Å². The van der Waals surface area contributed by atoms with Gasteiger partial charge in [0.1, 0.15) is 0 Å². The summed E-state index contributed by atoms with van der Waals surface area (Å²) in [5, 5.41) is 9.36. The van der Waals surface area contributed by atoms with Crippen LogP contribution in [0.15, 0.2) is 30.3 Å². The van der Waals surface area contributed by atoms with Gasteiger partial charge >= 0.3 is 0 Å². The molecule has 1 saturated heterocycles. The van der Waals surface area contributed by atoms with Gasteiger partial charge in [-0.3, -0.25) is 9.59 Å². The molecule has 0 radical (unpaired) electrons. The van der Waals surface area contributed by atoms with Crippen molar-refractivity contribution in [3.63, 3.8) is 0 Å². The van der Waals surface area contributed by atoms with E-state index in [9.17, 15) is 9.59 Å². The average molecular weight is 315 g/mol. The highest BCUT2D eigenvalue weighted by atomic mass is 16.2. The van der Waals surface area contributed by atoms with Crippen molar-refractivity contribution >= 4 is 11.8 Å². The summed E-state index contributed by atoms with van der Waals surface area (Å²) >= 11 is 0. The number of benzene rings is 1. The Labute approximate surface area is 137 Å². The molecule has 124 valence electrons. The number of rotatable bonds is 5. The number of carbonyl (C=O) groups excluding carboxylic acids is 2. The Bertz CT molecular complexity index is 546. The van der Waals surface area contributed by atoms with Crippen LogP contribution < -0.4 is 16.0 Å². The van der Waals surface area contributed by atoms with Gasteiger partial charge < -0.3 is 16.0 Å². The average Bonchev–Trinajstić information content (AvgIpc) is 2.56. The zero-order valence-corrected chi connectivity index (χ0v) is 13.4. The first-order valence-electron chi connectivity index (χ1n) is 8.59. The largest absolute Gasteiger partial charge is 0.356 e. The summed E-state index contributed by atoms with van der Waals surface area (Å²) in [4.78, 5) is 24.2. The van der Waals surface area contributed by atoms with Crippen molar-refractivity contribution in [1.82, 2.24) is 16.0 Å². The van der Waals surface area contributed by atoms with Crippen LogP contribution in [0.4, 0.5) is 0 Å². The molecule has 2 amide bonds. The predicted molar refractivity (Wildman–Crippen MR) is 88.9 cm³/mol. The number of amides is 2. The van der Waals surface area contributed by atoms with Crippen molar-refractivity contribution < 1.29 is 9.59 Å². The molecule has 3 atom stereocenters. The monoisotopic (exact) mass is 315 g/mol. The SMILES string of the molecule is O=C(C[C@@H]1N[C@@H]2CCCC[C@H]2NC1=O)NCCc1ccccc1. The van der Waals surface area contributed by atoms with E-state index in [4.69, 9.17) is 0 Å². The summed E-state index contributed by atoms with van der Waals surface area (Å²) in [6, 6.07) is 10.2. The molecule has 0 unspecified atom stereocenters. The molecule has 3 rings (SSSR count). The molecule has 0 aromatic heterocycles. The molecule has 1 saturated carbocycles. The normalized spacial score (nSPS) is 27.0. The maximum Gasteiger partial charge on any atom is 0.237 e. The highest BCUT2D eigenvalue weighted by Gasteiger charge is 2.36. The van der Waals surface area contributed by atoms with Crippen LogP contribution in [0.2, 0.25) is 0 Å². The van der Waals surface area contributed by atoms with Gasteiger partial charge in [0, 0.05) is 18.6 Å². The highest BCUT2D eigenvalue weighted by Crippen LogP contribution is 2.22. The maximum absolute atomic E-state index is 12.1. The lowest BCUT2D eigenvalue weighted by molar-refractivity contribution is -0.131. The van der Waals surface area contributed by atoms with Gasteiger partial charge in [-0.15, -0.1) is 0 Å². The topological polar surface area (TPSA) is 70.2 Å². The summed E-state index contributed by atoms with van der Waals surface area (Å²) < 4.78 is 0. The van der Waals surface area contributed by atoms with E-state index in [2.05, 4.69) is 16.0 Å². The van der Waals surface area contributed by atoms with Crippen LogP contribution >= 0.6 is 0 Å². The number of carbonyl (C=O) groups is 2. The second-order valence-corrected chi connectivity index (χ2v) is 6.51. The highest BCUT2D eigenvalue weighted by molar-refractivity contribution is 5.89. The molecule has 1 aliphatic heterocycles. The first kappa shape index (κ1) is 16.0. The second-order valence-electron chi connectivity index (χ2n) is 6.51. The Morgan fingerprint density at radius 1 is 1.13 bits per heavy atom. The van der Waals surface area contributed by atoms with E-state index >= 15 is 0 Å². The lowest BCUT2D eigenvalue weighted by atomic mass is 9.87. The Morgan fingerprint density at radius 3 is 2.65 bits per heavy atom. The zero-order valence-electron chi connectivity index (χ0n) is 13.4. The van der Waals surface area contributed by atoms with Crippen LogP contribution in [0.3, 0.4) is 0 Å². The zero-order chi connectivity index (χ0) is 16.1. The third kappa shape index (κ3) is 4.32.